The molecule has 26 heavy (non-hydrogen) atoms. The van der Waals surface area contributed by atoms with Gasteiger partial charge < -0.3 is 20.7 Å². The molecule has 0 saturated heterocycles. The second kappa shape index (κ2) is 7.86. The van der Waals surface area contributed by atoms with E-state index < -0.39 is 0 Å². The second-order valence-electron chi connectivity index (χ2n) is 6.14. The van der Waals surface area contributed by atoms with Gasteiger partial charge in [0.15, 0.2) is 0 Å². The Hall–Kier alpha value is -3.09. The Kier molecular flexibility index (Phi) is 5.36. The van der Waals surface area contributed by atoms with Crippen molar-refractivity contribution in [2.24, 2.45) is 5.73 Å². The van der Waals surface area contributed by atoms with E-state index in [9.17, 15) is 4.79 Å². The molecule has 0 saturated carbocycles. The average Bonchev–Trinajstić information content (AvgIpc) is 3.00. The highest BCUT2D eigenvalue weighted by Gasteiger charge is 2.33. The monoisotopic (exact) mass is 353 g/mol. The number of nitrogens with two attached hydrogens (primary N) is 1. The average molecular weight is 353 g/mol. The minimum Gasteiger partial charge on any atom is -0.465 e. The molecule has 0 bridgehead atoms. The molecule has 1 aromatic heterocycles. The maximum absolute atomic E-state index is 12.0. The fraction of sp³-hybridized carbons (Fsp3) is 0.316. The van der Waals surface area contributed by atoms with E-state index >= 15 is 0 Å². The number of nitrogens with one attached hydrogen (secondary N) is 2. The fourth-order valence-corrected chi connectivity index (χ4v) is 3.27. The number of carbonyl (C=O) groups excluding carboxylic acids is 1. The molecule has 2 aromatic rings. The fourth-order valence-electron chi connectivity index (χ4n) is 3.27. The molecule has 1 aliphatic rings. The summed E-state index contributed by atoms with van der Waals surface area (Å²) < 4.78 is 5.09. The highest BCUT2D eigenvalue weighted by atomic mass is 16.5. The highest BCUT2D eigenvalue weighted by molar-refractivity contribution is 5.91. The number of rotatable bonds is 7. The van der Waals surface area contributed by atoms with Crippen LogP contribution in [0.5, 0.6) is 0 Å². The summed E-state index contributed by atoms with van der Waals surface area (Å²) in [5.41, 5.74) is 9.69. The van der Waals surface area contributed by atoms with Crippen LogP contribution < -0.4 is 16.0 Å². The van der Waals surface area contributed by atoms with E-state index in [1.165, 1.54) is 0 Å². The summed E-state index contributed by atoms with van der Waals surface area (Å²) >= 11 is 0. The zero-order valence-electron chi connectivity index (χ0n) is 14.7. The van der Waals surface area contributed by atoms with E-state index in [4.69, 9.17) is 15.9 Å². The first-order valence-corrected chi connectivity index (χ1v) is 8.60. The standard InChI is InChI=1S/C19H23N5O2/c1-2-26-17(25)12-24-11-16(19(20)21)15-7-3-5-13(18(15)24)9-23-14-6-4-8-22-10-14/h3-8,10,16,23H,2,9,11-12H2,1H3,(H3,20,21). The molecule has 7 nitrogen and oxygen atoms in total. The van der Waals surface area contributed by atoms with Crippen molar-refractivity contribution in [3.63, 3.8) is 0 Å². The number of anilines is 2. The number of para-hydroxylation sites is 1. The molecule has 1 unspecified atom stereocenters. The van der Waals surface area contributed by atoms with Crippen molar-refractivity contribution >= 4 is 23.2 Å². The number of pyridine rings is 1. The first-order chi connectivity index (χ1) is 12.6. The Balaban J connectivity index is 1.87. The smallest absolute Gasteiger partial charge is 0.325 e. The SMILES string of the molecule is CCOC(=O)CN1CC(C(=N)N)c2cccc(CNc3cccnc3)c21. The third-order valence-corrected chi connectivity index (χ3v) is 4.39. The number of benzene rings is 1. The molecule has 0 fully saturated rings. The number of hydrogen-bond acceptors (Lipinski definition) is 6. The lowest BCUT2D eigenvalue weighted by Gasteiger charge is -2.21. The lowest BCUT2D eigenvalue weighted by Crippen LogP contribution is -2.33. The first-order valence-electron chi connectivity index (χ1n) is 8.60. The van der Waals surface area contributed by atoms with Gasteiger partial charge in [-0.15, -0.1) is 0 Å². The number of carbonyl (C=O) groups is 1. The summed E-state index contributed by atoms with van der Waals surface area (Å²) in [6.07, 6.45) is 3.49. The number of nitrogens with zero attached hydrogens (tertiary/aromatic N) is 2. The molecule has 136 valence electrons. The zero-order chi connectivity index (χ0) is 18.5. The molecule has 0 aliphatic carbocycles. The van der Waals surface area contributed by atoms with Crippen LogP contribution in [0.3, 0.4) is 0 Å². The summed E-state index contributed by atoms with van der Waals surface area (Å²) in [4.78, 5) is 18.1. The van der Waals surface area contributed by atoms with Crippen molar-refractivity contribution in [1.82, 2.24) is 4.98 Å². The van der Waals surface area contributed by atoms with E-state index in [-0.39, 0.29) is 24.3 Å². The Morgan fingerprint density at radius 2 is 2.27 bits per heavy atom. The van der Waals surface area contributed by atoms with Crippen LogP contribution in [0.15, 0.2) is 42.7 Å². The van der Waals surface area contributed by atoms with Crippen molar-refractivity contribution < 1.29 is 9.53 Å². The zero-order valence-corrected chi connectivity index (χ0v) is 14.7. The number of ether oxygens (including phenoxy) is 1. The first kappa shape index (κ1) is 17.7. The number of aromatic nitrogens is 1. The molecule has 3 rings (SSSR count). The largest absolute Gasteiger partial charge is 0.465 e. The molecule has 4 N–H and O–H groups in total. The quantitative estimate of drug-likeness (QED) is 0.400. The second-order valence-corrected chi connectivity index (χ2v) is 6.14. The molecule has 0 amide bonds. The van der Waals surface area contributed by atoms with Crippen molar-refractivity contribution in [2.45, 2.75) is 19.4 Å². The van der Waals surface area contributed by atoms with Crippen molar-refractivity contribution in [3.8, 4) is 0 Å². The predicted molar refractivity (Wildman–Crippen MR) is 102 cm³/mol. The number of esters is 1. The van der Waals surface area contributed by atoms with E-state index in [2.05, 4.69) is 10.3 Å². The number of hydrogen-bond donors (Lipinski definition) is 3. The van der Waals surface area contributed by atoms with E-state index in [1.807, 2.05) is 35.2 Å². The van der Waals surface area contributed by atoms with E-state index in [0.717, 1.165) is 22.5 Å². The van der Waals surface area contributed by atoms with Crippen LogP contribution in [-0.2, 0) is 16.1 Å². The number of fused-ring (bicyclic) bond motifs is 1. The van der Waals surface area contributed by atoms with Crippen molar-refractivity contribution in [3.05, 3.63) is 53.9 Å². The van der Waals surface area contributed by atoms with Crippen LogP contribution in [0.25, 0.3) is 0 Å². The molecule has 0 radical (unpaired) electrons. The number of amidine groups is 1. The summed E-state index contributed by atoms with van der Waals surface area (Å²) in [6, 6.07) is 9.77. The van der Waals surface area contributed by atoms with Gasteiger partial charge in [-0.05, 0) is 30.2 Å². The summed E-state index contributed by atoms with van der Waals surface area (Å²) in [6.45, 7) is 3.37. The van der Waals surface area contributed by atoms with Crippen LogP contribution in [0.4, 0.5) is 11.4 Å². The summed E-state index contributed by atoms with van der Waals surface area (Å²) in [5, 5.41) is 11.2. The normalized spacial score (nSPS) is 15.4. The third kappa shape index (κ3) is 3.77. The van der Waals surface area contributed by atoms with Gasteiger partial charge in [0.25, 0.3) is 0 Å². The van der Waals surface area contributed by atoms with E-state index in [0.29, 0.717) is 19.7 Å². The predicted octanol–water partition coefficient (Wildman–Crippen LogP) is 2.10. The molecular weight excluding hydrogens is 330 g/mol. The summed E-state index contributed by atoms with van der Waals surface area (Å²) in [5.74, 6) is -0.384. The lowest BCUT2D eigenvalue weighted by atomic mass is 9.98. The molecule has 1 aliphatic heterocycles. The molecule has 7 heteroatoms. The van der Waals surface area contributed by atoms with Gasteiger partial charge in [-0.1, -0.05) is 18.2 Å². The van der Waals surface area contributed by atoms with Gasteiger partial charge in [-0.3, -0.25) is 15.2 Å². The molecular formula is C19H23N5O2. The Morgan fingerprint density at radius 1 is 1.42 bits per heavy atom. The van der Waals surface area contributed by atoms with Crippen LogP contribution in [0.2, 0.25) is 0 Å². The minimum absolute atomic E-state index is 0.106. The van der Waals surface area contributed by atoms with Gasteiger partial charge in [0, 0.05) is 31.2 Å². The van der Waals surface area contributed by atoms with Gasteiger partial charge in [0.2, 0.25) is 0 Å². The van der Waals surface area contributed by atoms with Crippen LogP contribution >= 0.6 is 0 Å². The topological polar surface area (TPSA) is 104 Å². The molecule has 1 aromatic carbocycles. The van der Waals surface area contributed by atoms with Gasteiger partial charge >= 0.3 is 5.97 Å². The molecule has 2 heterocycles. The molecule has 1 atom stereocenters. The Morgan fingerprint density at radius 3 is 2.96 bits per heavy atom. The van der Waals surface area contributed by atoms with Crippen molar-refractivity contribution in [2.75, 3.05) is 29.9 Å². The van der Waals surface area contributed by atoms with Gasteiger partial charge in [0.05, 0.1) is 18.2 Å². The lowest BCUT2D eigenvalue weighted by molar-refractivity contribution is -0.141. The van der Waals surface area contributed by atoms with Crippen LogP contribution in [0.1, 0.15) is 24.0 Å². The van der Waals surface area contributed by atoms with E-state index in [1.54, 1.807) is 19.3 Å². The van der Waals surface area contributed by atoms with Crippen molar-refractivity contribution in [1.29, 1.82) is 5.41 Å². The Labute approximate surface area is 152 Å². The minimum atomic E-state index is -0.280. The third-order valence-electron chi connectivity index (χ3n) is 4.39. The van der Waals surface area contributed by atoms with Crippen LogP contribution in [0, 0.1) is 5.41 Å². The maximum Gasteiger partial charge on any atom is 0.325 e. The highest BCUT2D eigenvalue weighted by Crippen LogP contribution is 2.39. The van der Waals surface area contributed by atoms with Gasteiger partial charge in [-0.2, -0.15) is 0 Å². The molecule has 0 spiro atoms. The summed E-state index contributed by atoms with van der Waals surface area (Å²) in [7, 11) is 0. The van der Waals surface area contributed by atoms with Crippen LogP contribution in [-0.4, -0.2) is 36.5 Å². The van der Waals surface area contributed by atoms with Gasteiger partial charge in [-0.25, -0.2) is 0 Å². The Bertz CT molecular complexity index is 794. The maximum atomic E-state index is 12.0. The van der Waals surface area contributed by atoms with Gasteiger partial charge in [0.1, 0.15) is 12.4 Å².